The predicted octanol–water partition coefficient (Wildman–Crippen LogP) is 13.6. The van der Waals surface area contributed by atoms with Crippen molar-refractivity contribution < 1.29 is 4.42 Å². The summed E-state index contributed by atoms with van der Waals surface area (Å²) in [6.07, 6.45) is 3.75. The smallest absolute Gasteiger partial charge is 0.144 e. The Labute approximate surface area is 318 Å². The van der Waals surface area contributed by atoms with Crippen molar-refractivity contribution in [3.05, 3.63) is 217 Å². The molecule has 12 rings (SSSR count). The summed E-state index contributed by atoms with van der Waals surface area (Å²) in [6, 6.07) is 66.4. The van der Waals surface area contributed by atoms with Gasteiger partial charge in [-0.3, -0.25) is 4.98 Å². The fourth-order valence-electron chi connectivity index (χ4n) is 9.76. The van der Waals surface area contributed by atoms with Crippen molar-refractivity contribution in [2.24, 2.45) is 0 Å². The van der Waals surface area contributed by atoms with Crippen LogP contribution in [0.1, 0.15) is 22.3 Å². The van der Waals surface area contributed by atoms with E-state index in [9.17, 15) is 0 Å². The number of rotatable bonds is 4. The number of aromatic nitrogens is 1. The number of benzene rings is 8. The summed E-state index contributed by atoms with van der Waals surface area (Å²) in [6.45, 7) is 0. The molecule has 0 N–H and O–H groups in total. The molecule has 2 heterocycles. The molecule has 3 heteroatoms. The minimum atomic E-state index is -0.446. The van der Waals surface area contributed by atoms with Crippen LogP contribution in [0.4, 0.5) is 17.1 Å². The van der Waals surface area contributed by atoms with Gasteiger partial charge in [-0.25, -0.2) is 0 Å². The fraction of sp³-hybridized carbons (Fsp3) is 0.0192. The molecule has 0 fully saturated rings. The Morgan fingerprint density at radius 1 is 0.455 bits per heavy atom. The third-order valence-corrected chi connectivity index (χ3v) is 12.0. The summed E-state index contributed by atoms with van der Waals surface area (Å²) in [5.74, 6) is 0. The van der Waals surface area contributed by atoms with E-state index >= 15 is 0 Å². The highest BCUT2D eigenvalue weighted by molar-refractivity contribution is 6.20. The number of furan rings is 1. The molecule has 2 aliphatic rings. The Kier molecular flexibility index (Phi) is 6.26. The molecule has 8 aromatic carbocycles. The Hall–Kier alpha value is -7.23. The van der Waals surface area contributed by atoms with E-state index in [1.54, 1.807) is 0 Å². The molecule has 2 aromatic heterocycles. The average molecular weight is 701 g/mol. The summed E-state index contributed by atoms with van der Waals surface area (Å²) in [4.78, 5) is 6.94. The SMILES string of the molecule is c1ccc(-c2ccc(N(c3cccc4c3-c3ccccc3C43c4ccccc4-c4ccccc43)c3cccc4oc5c6cnccc6ccc5c34)cc2)cc1. The molecule has 0 unspecified atom stereocenters. The number of fused-ring (bicyclic) bond motifs is 15. The number of anilines is 3. The summed E-state index contributed by atoms with van der Waals surface area (Å²) in [7, 11) is 0. The van der Waals surface area contributed by atoms with Crippen LogP contribution in [0, 0.1) is 0 Å². The predicted molar refractivity (Wildman–Crippen MR) is 225 cm³/mol. The standard InChI is InChI=1S/C52H32N2O/c1-2-12-33(13-3-1)34-24-27-36(28-25-34)54(47-22-11-23-48-50(47)40-29-26-35-30-31-53-32-41(35)51(40)55-48)46-21-10-20-45-49(46)39-16-6-9-19-44(39)52(45)42-17-7-4-14-37(42)38-15-5-8-18-43(38)52/h1-32H. The molecule has 2 aliphatic carbocycles. The highest BCUT2D eigenvalue weighted by Gasteiger charge is 2.52. The van der Waals surface area contributed by atoms with E-state index in [1.807, 2.05) is 18.5 Å². The molecule has 0 saturated heterocycles. The van der Waals surface area contributed by atoms with Gasteiger partial charge in [0.2, 0.25) is 0 Å². The van der Waals surface area contributed by atoms with Crippen LogP contribution in [-0.2, 0) is 5.41 Å². The number of hydrogen-bond donors (Lipinski definition) is 0. The van der Waals surface area contributed by atoms with Crippen molar-refractivity contribution in [3.8, 4) is 33.4 Å². The normalized spacial score (nSPS) is 13.2. The quantitative estimate of drug-likeness (QED) is 0.183. The van der Waals surface area contributed by atoms with Crippen LogP contribution in [0.25, 0.3) is 66.1 Å². The molecule has 0 bridgehead atoms. The molecule has 55 heavy (non-hydrogen) atoms. The van der Waals surface area contributed by atoms with Crippen LogP contribution < -0.4 is 4.90 Å². The molecule has 256 valence electrons. The third kappa shape index (κ3) is 4.07. The van der Waals surface area contributed by atoms with Crippen LogP contribution in [0.2, 0.25) is 0 Å². The molecule has 0 atom stereocenters. The maximum absolute atomic E-state index is 6.74. The van der Waals surface area contributed by atoms with Gasteiger partial charge in [-0.2, -0.15) is 0 Å². The lowest BCUT2D eigenvalue weighted by Crippen LogP contribution is -2.26. The van der Waals surface area contributed by atoms with Gasteiger partial charge < -0.3 is 9.32 Å². The van der Waals surface area contributed by atoms with Gasteiger partial charge in [0.15, 0.2) is 0 Å². The zero-order chi connectivity index (χ0) is 36.1. The number of nitrogens with zero attached hydrogens (tertiary/aromatic N) is 2. The minimum Gasteiger partial charge on any atom is -0.455 e. The second-order valence-corrected chi connectivity index (χ2v) is 14.6. The van der Waals surface area contributed by atoms with Crippen molar-refractivity contribution in [3.63, 3.8) is 0 Å². The summed E-state index contributed by atoms with van der Waals surface area (Å²) in [5, 5.41) is 4.26. The highest BCUT2D eigenvalue weighted by atomic mass is 16.3. The Bertz CT molecular complexity index is 3110. The van der Waals surface area contributed by atoms with Crippen LogP contribution in [0.3, 0.4) is 0 Å². The summed E-state index contributed by atoms with van der Waals surface area (Å²) in [5.41, 5.74) is 17.3. The second kappa shape index (κ2) is 11.4. The lowest BCUT2D eigenvalue weighted by atomic mass is 9.70. The van der Waals surface area contributed by atoms with E-state index in [-0.39, 0.29) is 0 Å². The van der Waals surface area contributed by atoms with Crippen molar-refractivity contribution in [2.45, 2.75) is 5.41 Å². The molecule has 0 amide bonds. The van der Waals surface area contributed by atoms with Gasteiger partial charge in [0.25, 0.3) is 0 Å². The van der Waals surface area contributed by atoms with Gasteiger partial charge in [-0.05, 0) is 97.9 Å². The van der Waals surface area contributed by atoms with E-state index in [2.05, 4.69) is 186 Å². The van der Waals surface area contributed by atoms with E-state index < -0.39 is 5.41 Å². The first kappa shape index (κ1) is 30.3. The van der Waals surface area contributed by atoms with E-state index in [4.69, 9.17) is 4.42 Å². The van der Waals surface area contributed by atoms with E-state index in [1.165, 1.54) is 55.6 Å². The molecule has 10 aromatic rings. The largest absolute Gasteiger partial charge is 0.455 e. The number of pyridine rings is 1. The summed E-state index contributed by atoms with van der Waals surface area (Å²) >= 11 is 0. The molecule has 0 radical (unpaired) electrons. The molecule has 3 nitrogen and oxygen atoms in total. The Morgan fingerprint density at radius 3 is 1.84 bits per heavy atom. The monoisotopic (exact) mass is 700 g/mol. The fourth-order valence-corrected chi connectivity index (χ4v) is 9.76. The molecule has 0 aliphatic heterocycles. The minimum absolute atomic E-state index is 0.446. The first-order chi connectivity index (χ1) is 27.3. The topological polar surface area (TPSA) is 29.3 Å². The average Bonchev–Trinajstić information content (AvgIpc) is 3.90. The lowest BCUT2D eigenvalue weighted by Gasteiger charge is -2.32. The van der Waals surface area contributed by atoms with Crippen molar-refractivity contribution in [2.75, 3.05) is 4.90 Å². The van der Waals surface area contributed by atoms with Crippen LogP contribution >= 0.6 is 0 Å². The zero-order valence-corrected chi connectivity index (χ0v) is 29.8. The van der Waals surface area contributed by atoms with E-state index in [0.717, 1.165) is 49.8 Å². The van der Waals surface area contributed by atoms with Crippen LogP contribution in [0.5, 0.6) is 0 Å². The maximum atomic E-state index is 6.74. The van der Waals surface area contributed by atoms with Crippen LogP contribution in [0.15, 0.2) is 199 Å². The van der Waals surface area contributed by atoms with Crippen molar-refractivity contribution in [1.29, 1.82) is 0 Å². The van der Waals surface area contributed by atoms with Gasteiger partial charge in [0.1, 0.15) is 11.2 Å². The maximum Gasteiger partial charge on any atom is 0.144 e. The third-order valence-electron chi connectivity index (χ3n) is 12.0. The highest BCUT2D eigenvalue weighted by Crippen LogP contribution is 2.64. The second-order valence-electron chi connectivity index (χ2n) is 14.6. The van der Waals surface area contributed by atoms with Crippen molar-refractivity contribution >= 4 is 49.8 Å². The van der Waals surface area contributed by atoms with Crippen LogP contribution in [-0.4, -0.2) is 4.98 Å². The van der Waals surface area contributed by atoms with Gasteiger partial charge >= 0.3 is 0 Å². The number of hydrogen-bond acceptors (Lipinski definition) is 3. The molecule has 1 spiro atoms. The first-order valence-electron chi connectivity index (χ1n) is 18.9. The van der Waals surface area contributed by atoms with Crippen molar-refractivity contribution in [1.82, 2.24) is 4.98 Å². The van der Waals surface area contributed by atoms with Gasteiger partial charge in [0, 0.05) is 34.4 Å². The first-order valence-corrected chi connectivity index (χ1v) is 18.9. The Balaban J connectivity index is 1.18. The zero-order valence-electron chi connectivity index (χ0n) is 29.8. The lowest BCUT2D eigenvalue weighted by molar-refractivity contribution is 0.672. The molecule has 0 saturated carbocycles. The van der Waals surface area contributed by atoms with Gasteiger partial charge in [-0.15, -0.1) is 0 Å². The molecular formula is C52H32N2O. The molecular weight excluding hydrogens is 669 g/mol. The Morgan fingerprint density at radius 2 is 1.07 bits per heavy atom. The van der Waals surface area contributed by atoms with Gasteiger partial charge in [0.05, 0.1) is 22.2 Å². The van der Waals surface area contributed by atoms with Gasteiger partial charge in [-0.1, -0.05) is 140 Å². The summed E-state index contributed by atoms with van der Waals surface area (Å²) < 4.78 is 6.74. The van der Waals surface area contributed by atoms with E-state index in [0.29, 0.717) is 0 Å².